The Morgan fingerprint density at radius 1 is 1.23 bits per heavy atom. The van der Waals surface area contributed by atoms with E-state index in [-0.39, 0.29) is 11.9 Å². The van der Waals surface area contributed by atoms with Gasteiger partial charge in [0.2, 0.25) is 5.91 Å². The number of carbonyl (C=O) groups is 1. The van der Waals surface area contributed by atoms with Gasteiger partial charge in [0, 0.05) is 25.3 Å². The number of nitrogens with two attached hydrogens (primary N) is 1. The number of hydrogen-bond acceptors (Lipinski definition) is 4. The van der Waals surface area contributed by atoms with Gasteiger partial charge in [0.05, 0.1) is 17.6 Å². The summed E-state index contributed by atoms with van der Waals surface area (Å²) in [6.07, 6.45) is 3.93. The van der Waals surface area contributed by atoms with Crippen molar-refractivity contribution >= 4 is 17.4 Å². The fourth-order valence-electron chi connectivity index (χ4n) is 4.12. The number of amides is 1. The minimum Gasteiger partial charge on any atom is -0.353 e. The first-order chi connectivity index (χ1) is 12.5. The number of aromatic nitrogens is 1. The van der Waals surface area contributed by atoms with Crippen LogP contribution in [-0.4, -0.2) is 30.0 Å². The molecule has 5 nitrogen and oxygen atoms in total. The topological polar surface area (TPSA) is 62.5 Å². The van der Waals surface area contributed by atoms with Crippen LogP contribution in [0.4, 0.5) is 11.5 Å². The van der Waals surface area contributed by atoms with E-state index < -0.39 is 5.41 Å². The van der Waals surface area contributed by atoms with Gasteiger partial charge in [-0.05, 0) is 43.9 Å². The van der Waals surface area contributed by atoms with Crippen molar-refractivity contribution in [2.24, 2.45) is 5.73 Å². The molecule has 0 saturated carbocycles. The lowest BCUT2D eigenvalue weighted by molar-refractivity contribution is -0.122. The second-order valence-corrected chi connectivity index (χ2v) is 7.88. The van der Waals surface area contributed by atoms with Gasteiger partial charge in [-0.3, -0.25) is 4.79 Å². The number of piperidine rings is 1. The Morgan fingerprint density at radius 3 is 2.73 bits per heavy atom. The van der Waals surface area contributed by atoms with Crippen LogP contribution in [-0.2, 0) is 16.8 Å². The van der Waals surface area contributed by atoms with Gasteiger partial charge < -0.3 is 15.5 Å². The van der Waals surface area contributed by atoms with Crippen molar-refractivity contribution in [3.63, 3.8) is 0 Å². The molecule has 2 aliphatic heterocycles. The second-order valence-electron chi connectivity index (χ2n) is 7.88. The Kier molecular flexibility index (Phi) is 4.19. The molecule has 0 bridgehead atoms. The summed E-state index contributed by atoms with van der Waals surface area (Å²) >= 11 is 0. The molecule has 26 heavy (non-hydrogen) atoms. The number of pyridine rings is 1. The van der Waals surface area contributed by atoms with Gasteiger partial charge in [-0.1, -0.05) is 30.3 Å². The molecule has 2 aliphatic rings. The van der Waals surface area contributed by atoms with E-state index in [1.165, 1.54) is 0 Å². The van der Waals surface area contributed by atoms with Crippen LogP contribution in [0.1, 0.15) is 37.8 Å². The summed E-state index contributed by atoms with van der Waals surface area (Å²) in [7, 11) is 0. The molecule has 3 heterocycles. The highest BCUT2D eigenvalue weighted by Crippen LogP contribution is 2.46. The Balaban J connectivity index is 1.78. The molecule has 5 heteroatoms. The largest absolute Gasteiger partial charge is 0.353 e. The van der Waals surface area contributed by atoms with Crippen LogP contribution in [0.25, 0.3) is 0 Å². The van der Waals surface area contributed by atoms with Crippen molar-refractivity contribution in [3.8, 4) is 0 Å². The zero-order valence-corrected chi connectivity index (χ0v) is 15.5. The lowest BCUT2D eigenvalue weighted by atomic mass is 9.86. The third-order valence-electron chi connectivity index (χ3n) is 5.57. The number of nitrogens with zero attached hydrogens (tertiary/aromatic N) is 3. The Morgan fingerprint density at radius 2 is 2.00 bits per heavy atom. The standard InChI is InChI=1S/C21H26N4O/c1-21(2)17-10-11-23-19(24-12-6-9-16(22)14-24)18(17)25(20(21)26)13-15-7-4-3-5-8-15/h3-5,7-8,10-11,16H,6,9,12-14,22H2,1-2H3/t16-/m1/s1. The summed E-state index contributed by atoms with van der Waals surface area (Å²) in [6, 6.07) is 12.3. The monoisotopic (exact) mass is 350 g/mol. The summed E-state index contributed by atoms with van der Waals surface area (Å²) < 4.78 is 0. The third-order valence-corrected chi connectivity index (χ3v) is 5.57. The molecule has 0 unspecified atom stereocenters. The highest BCUT2D eigenvalue weighted by Gasteiger charge is 2.46. The fraction of sp³-hybridized carbons (Fsp3) is 0.429. The minimum absolute atomic E-state index is 0.131. The molecule has 2 aromatic rings. The van der Waals surface area contributed by atoms with E-state index in [0.29, 0.717) is 6.54 Å². The molecule has 0 spiro atoms. The summed E-state index contributed by atoms with van der Waals surface area (Å²) in [4.78, 5) is 22.1. The zero-order valence-electron chi connectivity index (χ0n) is 15.5. The quantitative estimate of drug-likeness (QED) is 0.925. The first-order valence-electron chi connectivity index (χ1n) is 9.34. The third kappa shape index (κ3) is 2.76. The van der Waals surface area contributed by atoms with E-state index in [0.717, 1.165) is 48.6 Å². The van der Waals surface area contributed by atoms with Gasteiger partial charge >= 0.3 is 0 Å². The van der Waals surface area contributed by atoms with Crippen LogP contribution in [0, 0.1) is 0 Å². The minimum atomic E-state index is -0.542. The average molecular weight is 350 g/mol. The summed E-state index contributed by atoms with van der Waals surface area (Å²) in [6.45, 7) is 6.30. The number of carbonyl (C=O) groups excluding carboxylic acids is 1. The van der Waals surface area contributed by atoms with Gasteiger partial charge in [0.1, 0.15) is 0 Å². The molecular weight excluding hydrogens is 324 g/mol. The van der Waals surface area contributed by atoms with E-state index in [1.807, 2.05) is 49.2 Å². The van der Waals surface area contributed by atoms with Crippen molar-refractivity contribution in [2.45, 2.75) is 44.7 Å². The van der Waals surface area contributed by atoms with Gasteiger partial charge in [0.15, 0.2) is 5.82 Å². The molecule has 1 fully saturated rings. The maximum Gasteiger partial charge on any atom is 0.237 e. The molecule has 0 aliphatic carbocycles. The number of rotatable bonds is 3. The van der Waals surface area contributed by atoms with Crippen molar-refractivity contribution in [3.05, 3.63) is 53.7 Å². The normalized spacial score (nSPS) is 21.8. The Labute approximate surface area is 154 Å². The van der Waals surface area contributed by atoms with Crippen LogP contribution in [0.2, 0.25) is 0 Å². The van der Waals surface area contributed by atoms with Crippen LogP contribution in [0.5, 0.6) is 0 Å². The van der Waals surface area contributed by atoms with Gasteiger partial charge in [-0.2, -0.15) is 0 Å². The van der Waals surface area contributed by atoms with E-state index in [4.69, 9.17) is 5.73 Å². The molecule has 1 aromatic heterocycles. The highest BCUT2D eigenvalue weighted by molar-refractivity contribution is 6.09. The van der Waals surface area contributed by atoms with E-state index >= 15 is 0 Å². The number of anilines is 2. The van der Waals surface area contributed by atoms with Gasteiger partial charge in [-0.15, -0.1) is 0 Å². The van der Waals surface area contributed by atoms with E-state index in [9.17, 15) is 4.79 Å². The fourth-order valence-corrected chi connectivity index (χ4v) is 4.12. The summed E-state index contributed by atoms with van der Waals surface area (Å²) in [5, 5.41) is 0. The lowest BCUT2D eigenvalue weighted by Crippen LogP contribution is -2.44. The van der Waals surface area contributed by atoms with Crippen LogP contribution in [0.3, 0.4) is 0 Å². The second kappa shape index (κ2) is 6.40. The molecule has 136 valence electrons. The first kappa shape index (κ1) is 17.0. The molecule has 1 saturated heterocycles. The Bertz CT molecular complexity index is 818. The predicted molar refractivity (Wildman–Crippen MR) is 104 cm³/mol. The summed E-state index contributed by atoms with van der Waals surface area (Å²) in [5.74, 6) is 1.03. The number of benzene rings is 1. The number of fused-ring (bicyclic) bond motifs is 1. The SMILES string of the molecule is CC1(C)C(=O)N(Cc2ccccc2)c2c1ccnc2N1CCC[C@@H](N)C1. The lowest BCUT2D eigenvalue weighted by Gasteiger charge is -2.34. The van der Waals surface area contributed by atoms with Gasteiger partial charge in [0.25, 0.3) is 0 Å². The van der Waals surface area contributed by atoms with Crippen LogP contribution in [0.15, 0.2) is 42.6 Å². The van der Waals surface area contributed by atoms with Crippen LogP contribution >= 0.6 is 0 Å². The zero-order chi connectivity index (χ0) is 18.3. The highest BCUT2D eigenvalue weighted by atomic mass is 16.2. The molecule has 2 N–H and O–H groups in total. The molecule has 1 amide bonds. The van der Waals surface area contributed by atoms with Crippen molar-refractivity contribution in [1.29, 1.82) is 0 Å². The molecule has 1 aromatic carbocycles. The number of hydrogen-bond donors (Lipinski definition) is 1. The molecule has 1 atom stereocenters. The molecule has 4 rings (SSSR count). The maximum absolute atomic E-state index is 13.2. The average Bonchev–Trinajstić information content (AvgIpc) is 2.84. The first-order valence-corrected chi connectivity index (χ1v) is 9.34. The predicted octanol–water partition coefficient (Wildman–Crippen LogP) is 2.83. The summed E-state index contributed by atoms with van der Waals surface area (Å²) in [5.41, 5.74) is 8.79. The van der Waals surface area contributed by atoms with Crippen molar-refractivity contribution < 1.29 is 4.79 Å². The maximum atomic E-state index is 13.2. The van der Waals surface area contributed by atoms with Crippen LogP contribution < -0.4 is 15.5 Å². The van der Waals surface area contributed by atoms with E-state index in [1.54, 1.807) is 0 Å². The molecule has 0 radical (unpaired) electrons. The smallest absolute Gasteiger partial charge is 0.237 e. The van der Waals surface area contributed by atoms with Gasteiger partial charge in [-0.25, -0.2) is 4.98 Å². The Hall–Kier alpha value is -2.40. The van der Waals surface area contributed by atoms with Crippen molar-refractivity contribution in [1.82, 2.24) is 4.98 Å². The molecular formula is C21H26N4O. The van der Waals surface area contributed by atoms with Crippen molar-refractivity contribution in [2.75, 3.05) is 22.9 Å². The van der Waals surface area contributed by atoms with E-state index in [2.05, 4.69) is 22.0 Å².